The maximum absolute atomic E-state index is 9.77. The fraction of sp³-hybridized carbons (Fsp3) is 0.571. The van der Waals surface area contributed by atoms with E-state index in [9.17, 15) is 10.2 Å². The third-order valence-corrected chi connectivity index (χ3v) is 3.65. The fourth-order valence-electron chi connectivity index (χ4n) is 2.61. The van der Waals surface area contributed by atoms with Gasteiger partial charge >= 0.3 is 0 Å². The van der Waals surface area contributed by atoms with Crippen molar-refractivity contribution in [1.82, 2.24) is 0 Å². The van der Waals surface area contributed by atoms with Crippen LogP contribution in [0.2, 0.25) is 0 Å². The summed E-state index contributed by atoms with van der Waals surface area (Å²) in [5, 5.41) is 19.3. The van der Waals surface area contributed by atoms with E-state index in [2.05, 4.69) is 0 Å². The molecule has 2 heterocycles. The molecule has 0 aromatic heterocycles. The number of ether oxygens (including phenoxy) is 4. The minimum atomic E-state index is -1.24. The van der Waals surface area contributed by atoms with Crippen LogP contribution in [0.1, 0.15) is 5.56 Å². The van der Waals surface area contributed by atoms with Crippen LogP contribution in [-0.2, 0) is 25.6 Å². The Morgan fingerprint density at radius 3 is 2.55 bits per heavy atom. The second-order valence-corrected chi connectivity index (χ2v) is 4.95. The number of rotatable bonds is 4. The number of aliphatic hydroxyl groups excluding tert-OH is 2. The summed E-state index contributed by atoms with van der Waals surface area (Å²) in [4.78, 5) is 0. The van der Waals surface area contributed by atoms with Gasteiger partial charge in [-0.2, -0.15) is 0 Å². The van der Waals surface area contributed by atoms with Crippen LogP contribution in [0.25, 0.3) is 0 Å². The minimum Gasteiger partial charge on any atom is -0.385 e. The molecule has 6 heteroatoms. The van der Waals surface area contributed by atoms with E-state index in [1.165, 1.54) is 7.11 Å². The summed E-state index contributed by atoms with van der Waals surface area (Å²) in [6.45, 7) is 0.382. The zero-order valence-corrected chi connectivity index (χ0v) is 11.1. The zero-order chi connectivity index (χ0) is 14.1. The summed E-state index contributed by atoms with van der Waals surface area (Å²) >= 11 is 0. The number of hydrogen-bond acceptors (Lipinski definition) is 6. The van der Waals surface area contributed by atoms with Crippen molar-refractivity contribution in [1.29, 1.82) is 0 Å². The van der Waals surface area contributed by atoms with E-state index in [4.69, 9.17) is 18.9 Å². The number of benzene rings is 1. The highest BCUT2D eigenvalue weighted by Crippen LogP contribution is 2.36. The number of methoxy groups -OCH3 is 1. The molecule has 0 radical (unpaired) electrons. The normalized spacial score (nSPS) is 40.0. The first kappa shape index (κ1) is 13.9. The SMILES string of the molecule is COC1O[C@H]2[C@H](OC(O)[C@@H]2O)[C@@H]1OCc1ccccc1. The topological polar surface area (TPSA) is 77.4 Å². The summed E-state index contributed by atoms with van der Waals surface area (Å²) in [5.41, 5.74) is 1.02. The van der Waals surface area contributed by atoms with E-state index in [0.29, 0.717) is 6.61 Å². The van der Waals surface area contributed by atoms with Crippen LogP contribution in [0.5, 0.6) is 0 Å². The molecule has 0 amide bonds. The van der Waals surface area contributed by atoms with Crippen molar-refractivity contribution in [3.63, 3.8) is 0 Å². The Labute approximate surface area is 116 Å². The van der Waals surface area contributed by atoms with Crippen LogP contribution in [0.3, 0.4) is 0 Å². The summed E-state index contributed by atoms with van der Waals surface area (Å²) in [5.74, 6) is 0. The average molecular weight is 282 g/mol. The van der Waals surface area contributed by atoms with Crippen molar-refractivity contribution in [2.75, 3.05) is 7.11 Å². The minimum absolute atomic E-state index is 0.382. The Kier molecular flexibility index (Phi) is 4.02. The first-order valence-electron chi connectivity index (χ1n) is 6.56. The lowest BCUT2D eigenvalue weighted by Gasteiger charge is -2.22. The van der Waals surface area contributed by atoms with Gasteiger partial charge in [0.2, 0.25) is 0 Å². The van der Waals surface area contributed by atoms with Gasteiger partial charge in [0.1, 0.15) is 24.4 Å². The van der Waals surface area contributed by atoms with E-state index >= 15 is 0 Å². The molecule has 0 bridgehead atoms. The van der Waals surface area contributed by atoms with Gasteiger partial charge in [-0.1, -0.05) is 30.3 Å². The first-order valence-corrected chi connectivity index (χ1v) is 6.56. The number of fused-ring (bicyclic) bond motifs is 1. The van der Waals surface area contributed by atoms with Gasteiger partial charge in [0, 0.05) is 7.11 Å². The van der Waals surface area contributed by atoms with Crippen molar-refractivity contribution < 1.29 is 29.2 Å². The lowest BCUT2D eigenvalue weighted by Crippen LogP contribution is -2.36. The molecule has 1 aromatic carbocycles. The van der Waals surface area contributed by atoms with Crippen LogP contribution in [-0.4, -0.2) is 54.3 Å². The standard InChI is InChI=1S/C14H18O6/c1-17-14-12(18-7-8-5-3-2-4-6-8)11-10(20-14)9(15)13(16)19-11/h2-6,9-16H,7H2,1H3/t9-,10-,11+,12+,13?,14?/m1/s1. The Hall–Kier alpha value is -1.02. The monoisotopic (exact) mass is 282 g/mol. The van der Waals surface area contributed by atoms with Gasteiger partial charge in [0.25, 0.3) is 0 Å². The van der Waals surface area contributed by atoms with E-state index in [0.717, 1.165) is 5.56 Å². The van der Waals surface area contributed by atoms with Gasteiger partial charge in [-0.05, 0) is 5.56 Å². The molecular weight excluding hydrogens is 264 g/mol. The molecule has 0 saturated carbocycles. The van der Waals surface area contributed by atoms with Crippen LogP contribution in [0.15, 0.2) is 30.3 Å². The highest BCUT2D eigenvalue weighted by Gasteiger charge is 2.56. The maximum atomic E-state index is 9.77. The van der Waals surface area contributed by atoms with E-state index < -0.39 is 37.0 Å². The predicted molar refractivity (Wildman–Crippen MR) is 67.6 cm³/mol. The van der Waals surface area contributed by atoms with Gasteiger partial charge < -0.3 is 29.2 Å². The van der Waals surface area contributed by atoms with E-state index in [1.807, 2.05) is 30.3 Å². The molecule has 0 aliphatic carbocycles. The molecule has 20 heavy (non-hydrogen) atoms. The second kappa shape index (κ2) is 5.77. The first-order chi connectivity index (χ1) is 9.70. The highest BCUT2D eigenvalue weighted by atomic mass is 16.7. The Morgan fingerprint density at radius 1 is 1.10 bits per heavy atom. The van der Waals surface area contributed by atoms with Crippen LogP contribution >= 0.6 is 0 Å². The molecule has 6 nitrogen and oxygen atoms in total. The van der Waals surface area contributed by atoms with Crippen molar-refractivity contribution in [3.05, 3.63) is 35.9 Å². The summed E-state index contributed by atoms with van der Waals surface area (Å²) < 4.78 is 21.9. The van der Waals surface area contributed by atoms with Crippen molar-refractivity contribution >= 4 is 0 Å². The molecule has 0 spiro atoms. The summed E-state index contributed by atoms with van der Waals surface area (Å²) in [6, 6.07) is 9.70. The fourth-order valence-corrected chi connectivity index (χ4v) is 2.61. The third kappa shape index (κ3) is 2.46. The average Bonchev–Trinajstić information content (AvgIpc) is 2.95. The molecule has 2 aliphatic heterocycles. The van der Waals surface area contributed by atoms with Gasteiger partial charge in [-0.15, -0.1) is 0 Å². The molecule has 2 aliphatic rings. The van der Waals surface area contributed by atoms with Crippen LogP contribution < -0.4 is 0 Å². The molecule has 3 rings (SSSR count). The molecule has 1 aromatic rings. The lowest BCUT2D eigenvalue weighted by molar-refractivity contribution is -0.213. The Morgan fingerprint density at radius 2 is 1.85 bits per heavy atom. The molecular formula is C14H18O6. The summed E-state index contributed by atoms with van der Waals surface area (Å²) in [6.07, 6.45) is -4.59. The summed E-state index contributed by atoms with van der Waals surface area (Å²) in [7, 11) is 1.51. The Bertz CT molecular complexity index is 439. The molecule has 2 unspecified atom stereocenters. The van der Waals surface area contributed by atoms with Crippen molar-refractivity contribution in [2.24, 2.45) is 0 Å². The number of hydrogen-bond donors (Lipinski definition) is 2. The van der Waals surface area contributed by atoms with E-state index in [-0.39, 0.29) is 0 Å². The molecule has 2 saturated heterocycles. The molecule has 6 atom stereocenters. The van der Waals surface area contributed by atoms with Crippen LogP contribution in [0.4, 0.5) is 0 Å². The largest absolute Gasteiger partial charge is 0.385 e. The predicted octanol–water partition coefficient (Wildman–Crippen LogP) is 0.0212. The zero-order valence-electron chi connectivity index (χ0n) is 11.1. The smallest absolute Gasteiger partial charge is 0.186 e. The molecule has 2 N–H and O–H groups in total. The lowest BCUT2D eigenvalue weighted by atomic mass is 10.1. The van der Waals surface area contributed by atoms with Gasteiger partial charge in [0.15, 0.2) is 12.6 Å². The van der Waals surface area contributed by atoms with Crippen molar-refractivity contribution in [2.45, 2.75) is 43.6 Å². The van der Waals surface area contributed by atoms with Crippen molar-refractivity contribution in [3.8, 4) is 0 Å². The van der Waals surface area contributed by atoms with Gasteiger partial charge in [-0.25, -0.2) is 0 Å². The van der Waals surface area contributed by atoms with Crippen LogP contribution in [0, 0.1) is 0 Å². The third-order valence-electron chi connectivity index (χ3n) is 3.65. The van der Waals surface area contributed by atoms with E-state index in [1.54, 1.807) is 0 Å². The molecule has 110 valence electrons. The second-order valence-electron chi connectivity index (χ2n) is 4.95. The quantitative estimate of drug-likeness (QED) is 0.811. The van der Waals surface area contributed by atoms with Gasteiger partial charge in [-0.3, -0.25) is 0 Å². The number of aliphatic hydroxyl groups is 2. The maximum Gasteiger partial charge on any atom is 0.186 e. The van der Waals surface area contributed by atoms with Gasteiger partial charge in [0.05, 0.1) is 6.61 Å². The molecule has 2 fully saturated rings. The highest BCUT2D eigenvalue weighted by molar-refractivity contribution is 5.13. The Balaban J connectivity index is 1.67.